The molecule has 4 nitrogen and oxygen atoms in total. The molecule has 1 aliphatic carbocycles. The van der Waals surface area contributed by atoms with Crippen molar-refractivity contribution in [1.82, 2.24) is 9.78 Å². The van der Waals surface area contributed by atoms with E-state index in [4.69, 9.17) is 4.74 Å². The van der Waals surface area contributed by atoms with Gasteiger partial charge < -0.3 is 4.74 Å². The minimum absolute atomic E-state index is 0.110. The van der Waals surface area contributed by atoms with E-state index in [1.807, 2.05) is 18.5 Å². The number of esters is 1. The first-order chi connectivity index (χ1) is 10.5. The highest BCUT2D eigenvalue weighted by atomic mass is 16.5. The number of aryl methyl sites for hydroxylation is 1. The maximum Gasteiger partial charge on any atom is 0.310 e. The Morgan fingerprint density at radius 2 is 1.95 bits per heavy atom. The van der Waals surface area contributed by atoms with Crippen LogP contribution in [0.5, 0.6) is 0 Å². The summed E-state index contributed by atoms with van der Waals surface area (Å²) in [4.78, 5) is 12.1. The molecule has 2 rings (SSSR count). The van der Waals surface area contributed by atoms with Crippen LogP contribution < -0.4 is 0 Å². The third kappa shape index (κ3) is 4.59. The van der Waals surface area contributed by atoms with Gasteiger partial charge in [0.25, 0.3) is 0 Å². The van der Waals surface area contributed by atoms with Crippen molar-refractivity contribution >= 4 is 5.97 Å². The van der Waals surface area contributed by atoms with E-state index in [0.29, 0.717) is 24.9 Å². The zero-order valence-corrected chi connectivity index (χ0v) is 14.5. The molecule has 22 heavy (non-hydrogen) atoms. The van der Waals surface area contributed by atoms with Crippen molar-refractivity contribution in [1.29, 1.82) is 0 Å². The molecular weight excluding hydrogens is 276 g/mol. The standard InChI is InChI=1S/C18H30N2O2/c1-13(2)11-20-15(4)17(14(3)19-20)10-18(21)22-12-16-8-6-5-7-9-16/h13,16H,5-12H2,1-4H3. The topological polar surface area (TPSA) is 44.1 Å². The van der Waals surface area contributed by atoms with E-state index in [9.17, 15) is 4.79 Å². The third-order valence-electron chi connectivity index (χ3n) is 4.60. The van der Waals surface area contributed by atoms with E-state index in [-0.39, 0.29) is 5.97 Å². The molecule has 1 aliphatic rings. The Kier molecular flexibility index (Phi) is 6.04. The van der Waals surface area contributed by atoms with Crippen LogP contribution in [0.15, 0.2) is 0 Å². The van der Waals surface area contributed by atoms with E-state index in [2.05, 4.69) is 18.9 Å². The summed E-state index contributed by atoms with van der Waals surface area (Å²) in [5.74, 6) is 1.01. The van der Waals surface area contributed by atoms with Crippen LogP contribution in [0.2, 0.25) is 0 Å². The zero-order chi connectivity index (χ0) is 16.1. The number of hydrogen-bond acceptors (Lipinski definition) is 3. The molecule has 0 bridgehead atoms. The van der Waals surface area contributed by atoms with Gasteiger partial charge in [-0.15, -0.1) is 0 Å². The average Bonchev–Trinajstić information content (AvgIpc) is 2.73. The summed E-state index contributed by atoms with van der Waals surface area (Å²) in [6.07, 6.45) is 6.65. The van der Waals surface area contributed by atoms with Crippen molar-refractivity contribution in [2.24, 2.45) is 11.8 Å². The van der Waals surface area contributed by atoms with Crippen molar-refractivity contribution < 1.29 is 9.53 Å². The molecule has 0 N–H and O–H groups in total. The number of carbonyl (C=O) groups excluding carboxylic acids is 1. The van der Waals surface area contributed by atoms with Crippen LogP contribution >= 0.6 is 0 Å². The molecule has 124 valence electrons. The zero-order valence-electron chi connectivity index (χ0n) is 14.5. The van der Waals surface area contributed by atoms with Crippen molar-refractivity contribution in [3.8, 4) is 0 Å². The first-order valence-electron chi connectivity index (χ1n) is 8.66. The fourth-order valence-corrected chi connectivity index (χ4v) is 3.27. The monoisotopic (exact) mass is 306 g/mol. The molecule has 0 aromatic carbocycles. The third-order valence-corrected chi connectivity index (χ3v) is 4.60. The molecule has 1 heterocycles. The number of hydrogen-bond donors (Lipinski definition) is 0. The fourth-order valence-electron chi connectivity index (χ4n) is 3.27. The first-order valence-corrected chi connectivity index (χ1v) is 8.66. The lowest BCUT2D eigenvalue weighted by atomic mass is 9.90. The second kappa shape index (κ2) is 7.80. The van der Waals surface area contributed by atoms with Gasteiger partial charge in [-0.25, -0.2) is 0 Å². The molecular formula is C18H30N2O2. The largest absolute Gasteiger partial charge is 0.465 e. The van der Waals surface area contributed by atoms with Gasteiger partial charge in [0.2, 0.25) is 0 Å². The van der Waals surface area contributed by atoms with Crippen LogP contribution in [0.3, 0.4) is 0 Å². The van der Waals surface area contributed by atoms with Gasteiger partial charge in [0.1, 0.15) is 0 Å². The first kappa shape index (κ1) is 17.0. The van der Waals surface area contributed by atoms with E-state index in [0.717, 1.165) is 23.5 Å². The highest BCUT2D eigenvalue weighted by molar-refractivity contribution is 5.73. The van der Waals surface area contributed by atoms with Gasteiger partial charge in [0.05, 0.1) is 18.7 Å². The van der Waals surface area contributed by atoms with E-state index >= 15 is 0 Å². The van der Waals surface area contributed by atoms with Crippen LogP contribution in [0.25, 0.3) is 0 Å². The van der Waals surface area contributed by atoms with Crippen molar-refractivity contribution in [2.45, 2.75) is 72.8 Å². The second-order valence-corrected chi connectivity index (χ2v) is 7.09. The van der Waals surface area contributed by atoms with Crippen molar-refractivity contribution in [3.63, 3.8) is 0 Å². The van der Waals surface area contributed by atoms with Crippen LogP contribution in [0.1, 0.15) is 62.9 Å². The molecule has 0 saturated heterocycles. The summed E-state index contributed by atoms with van der Waals surface area (Å²) >= 11 is 0. The Labute approximate surface area is 134 Å². The predicted octanol–water partition coefficient (Wildman–Crippen LogP) is 3.82. The van der Waals surface area contributed by atoms with Gasteiger partial charge in [-0.05, 0) is 38.5 Å². The minimum Gasteiger partial charge on any atom is -0.465 e. The molecule has 4 heteroatoms. The Balaban J connectivity index is 1.89. The van der Waals surface area contributed by atoms with Gasteiger partial charge in [-0.3, -0.25) is 9.48 Å². The number of ether oxygens (including phenoxy) is 1. The Morgan fingerprint density at radius 3 is 2.59 bits per heavy atom. The molecule has 0 radical (unpaired) electrons. The number of carbonyl (C=O) groups is 1. The molecule has 0 spiro atoms. The smallest absolute Gasteiger partial charge is 0.310 e. The van der Waals surface area contributed by atoms with Crippen molar-refractivity contribution in [3.05, 3.63) is 17.0 Å². The maximum absolute atomic E-state index is 12.1. The maximum atomic E-state index is 12.1. The number of aromatic nitrogens is 2. The average molecular weight is 306 g/mol. The SMILES string of the molecule is Cc1nn(CC(C)C)c(C)c1CC(=O)OCC1CCCCC1. The lowest BCUT2D eigenvalue weighted by Crippen LogP contribution is -2.18. The van der Waals surface area contributed by atoms with Crippen LogP contribution in [0, 0.1) is 25.7 Å². The molecule has 0 amide bonds. The summed E-state index contributed by atoms with van der Waals surface area (Å²) in [5.41, 5.74) is 3.09. The Morgan fingerprint density at radius 1 is 1.27 bits per heavy atom. The summed E-state index contributed by atoms with van der Waals surface area (Å²) in [7, 11) is 0. The van der Waals surface area contributed by atoms with Gasteiger partial charge in [-0.2, -0.15) is 5.10 Å². The van der Waals surface area contributed by atoms with Gasteiger partial charge in [0.15, 0.2) is 0 Å². The van der Waals surface area contributed by atoms with E-state index in [1.54, 1.807) is 0 Å². The molecule has 1 aromatic rings. The van der Waals surface area contributed by atoms with Crippen LogP contribution in [0.4, 0.5) is 0 Å². The highest BCUT2D eigenvalue weighted by Gasteiger charge is 2.19. The lowest BCUT2D eigenvalue weighted by molar-refractivity contribution is -0.144. The van der Waals surface area contributed by atoms with Crippen molar-refractivity contribution in [2.75, 3.05) is 6.61 Å². The molecule has 1 aromatic heterocycles. The van der Waals surface area contributed by atoms with Gasteiger partial charge in [-0.1, -0.05) is 33.1 Å². The molecule has 0 aliphatic heterocycles. The van der Waals surface area contributed by atoms with Gasteiger partial charge in [0, 0.05) is 17.8 Å². The molecule has 0 unspecified atom stereocenters. The van der Waals surface area contributed by atoms with E-state index in [1.165, 1.54) is 32.1 Å². The summed E-state index contributed by atoms with van der Waals surface area (Å²) in [5, 5.41) is 4.56. The summed E-state index contributed by atoms with van der Waals surface area (Å²) in [6, 6.07) is 0. The lowest BCUT2D eigenvalue weighted by Gasteiger charge is -2.21. The van der Waals surface area contributed by atoms with Gasteiger partial charge >= 0.3 is 5.97 Å². The number of rotatable bonds is 6. The highest BCUT2D eigenvalue weighted by Crippen LogP contribution is 2.24. The predicted molar refractivity (Wildman–Crippen MR) is 87.8 cm³/mol. The Bertz CT molecular complexity index is 499. The minimum atomic E-state index is -0.110. The second-order valence-electron chi connectivity index (χ2n) is 7.09. The summed E-state index contributed by atoms with van der Waals surface area (Å²) in [6.45, 7) is 9.86. The molecule has 1 fully saturated rings. The molecule has 1 saturated carbocycles. The Hall–Kier alpha value is -1.32. The van der Waals surface area contributed by atoms with E-state index < -0.39 is 0 Å². The number of nitrogens with zero attached hydrogens (tertiary/aromatic N) is 2. The normalized spacial score (nSPS) is 16.2. The fraction of sp³-hybridized carbons (Fsp3) is 0.778. The van der Waals surface area contributed by atoms with Crippen LogP contribution in [-0.2, 0) is 22.5 Å². The quantitative estimate of drug-likeness (QED) is 0.750. The molecule has 0 atom stereocenters. The van der Waals surface area contributed by atoms with Crippen LogP contribution in [-0.4, -0.2) is 22.4 Å². The summed E-state index contributed by atoms with van der Waals surface area (Å²) < 4.78 is 7.53.